The van der Waals surface area contributed by atoms with Crippen LogP contribution in [0.1, 0.15) is 17.9 Å². The molecule has 0 spiro atoms. The molecule has 0 saturated carbocycles. The van der Waals surface area contributed by atoms with Crippen LogP contribution in [-0.4, -0.2) is 22.2 Å². The number of fused-ring (bicyclic) bond motifs is 1. The molecule has 1 unspecified atom stereocenters. The van der Waals surface area contributed by atoms with Crippen molar-refractivity contribution in [2.24, 2.45) is 5.92 Å². The predicted molar refractivity (Wildman–Crippen MR) is 63.9 cm³/mol. The van der Waals surface area contributed by atoms with Gasteiger partial charge in [-0.2, -0.15) is 0 Å². The molecular formula is C13H12ClNO2. The Hall–Kier alpha value is -1.32. The largest absolute Gasteiger partial charge is 0.285 e. The Kier molecular flexibility index (Phi) is 2.45. The molecule has 1 fully saturated rings. The van der Waals surface area contributed by atoms with Gasteiger partial charge in [0.15, 0.2) is 0 Å². The number of carbonyl (C=O) groups excluding carboxylic acids is 1. The second kappa shape index (κ2) is 3.86. The lowest BCUT2D eigenvalue weighted by Crippen LogP contribution is -2.29. The molecule has 3 rings (SSSR count). The fraction of sp³-hybridized carbons (Fsp3) is 0.308. The number of hydroxylamine groups is 2. The van der Waals surface area contributed by atoms with E-state index in [0.717, 1.165) is 17.0 Å². The molecule has 1 N–H and O–H groups in total. The topological polar surface area (TPSA) is 40.5 Å². The van der Waals surface area contributed by atoms with Gasteiger partial charge in [-0.3, -0.25) is 10.0 Å². The van der Waals surface area contributed by atoms with Crippen molar-refractivity contribution in [3.05, 3.63) is 47.0 Å². The molecule has 3 atom stereocenters. The van der Waals surface area contributed by atoms with Crippen LogP contribution in [0.2, 0.25) is 5.02 Å². The summed E-state index contributed by atoms with van der Waals surface area (Å²) in [7, 11) is 0. The highest BCUT2D eigenvalue weighted by molar-refractivity contribution is 6.31. The normalized spacial score (nSPS) is 31.1. The van der Waals surface area contributed by atoms with Crippen molar-refractivity contribution in [1.82, 2.24) is 5.06 Å². The monoisotopic (exact) mass is 249 g/mol. The lowest BCUT2D eigenvalue weighted by molar-refractivity contribution is -0.163. The summed E-state index contributed by atoms with van der Waals surface area (Å²) in [5, 5.41) is 11.2. The highest BCUT2D eigenvalue weighted by Gasteiger charge is 2.49. The van der Waals surface area contributed by atoms with E-state index in [1.54, 1.807) is 6.07 Å². The van der Waals surface area contributed by atoms with Crippen molar-refractivity contribution in [2.45, 2.75) is 18.4 Å². The number of rotatable bonds is 1. The van der Waals surface area contributed by atoms with Gasteiger partial charge >= 0.3 is 0 Å². The molecule has 0 radical (unpaired) electrons. The summed E-state index contributed by atoms with van der Waals surface area (Å²) in [6.45, 7) is 0. The zero-order chi connectivity index (χ0) is 12.0. The second-order valence-corrected chi connectivity index (χ2v) is 4.91. The third-order valence-electron chi connectivity index (χ3n) is 3.62. The van der Waals surface area contributed by atoms with Crippen LogP contribution in [0.5, 0.6) is 0 Å². The standard InChI is InChI=1S/C13H12ClNO2/c14-10-6-2-1-4-8(10)12-9-5-3-7-11(9)15(17)13(12)16/h1-4,6-7,9,11-12,17H,5H2/t9-,11+,12?/m0/s1. The Morgan fingerprint density at radius 2 is 2.12 bits per heavy atom. The number of allylic oxidation sites excluding steroid dienone is 1. The van der Waals surface area contributed by atoms with Crippen LogP contribution in [0.25, 0.3) is 0 Å². The minimum atomic E-state index is -0.325. The molecule has 2 aliphatic rings. The first-order valence-electron chi connectivity index (χ1n) is 5.63. The Morgan fingerprint density at radius 3 is 2.88 bits per heavy atom. The number of hydrogen-bond acceptors (Lipinski definition) is 2. The van der Waals surface area contributed by atoms with Gasteiger partial charge in [-0.05, 0) is 18.1 Å². The van der Waals surface area contributed by atoms with Gasteiger partial charge in [0.2, 0.25) is 0 Å². The fourth-order valence-electron chi connectivity index (χ4n) is 2.82. The van der Waals surface area contributed by atoms with Crippen LogP contribution in [0.4, 0.5) is 0 Å². The smallest absolute Gasteiger partial charge is 0.254 e. The summed E-state index contributed by atoms with van der Waals surface area (Å²) in [4.78, 5) is 12.1. The van der Waals surface area contributed by atoms with Crippen molar-refractivity contribution in [1.29, 1.82) is 0 Å². The quantitative estimate of drug-likeness (QED) is 0.614. The summed E-state index contributed by atoms with van der Waals surface area (Å²) < 4.78 is 0. The van der Waals surface area contributed by atoms with Gasteiger partial charge in [0.05, 0.1) is 12.0 Å². The van der Waals surface area contributed by atoms with Gasteiger partial charge in [-0.15, -0.1) is 0 Å². The summed E-state index contributed by atoms with van der Waals surface area (Å²) in [6.07, 6.45) is 4.71. The Morgan fingerprint density at radius 1 is 1.35 bits per heavy atom. The number of halogens is 1. The van der Waals surface area contributed by atoms with Crippen LogP contribution in [-0.2, 0) is 4.79 Å². The third kappa shape index (κ3) is 1.50. The van der Waals surface area contributed by atoms with Gasteiger partial charge in [0.25, 0.3) is 5.91 Å². The van der Waals surface area contributed by atoms with Gasteiger partial charge < -0.3 is 0 Å². The molecule has 1 aromatic rings. The number of amides is 1. The van der Waals surface area contributed by atoms with E-state index in [-0.39, 0.29) is 23.8 Å². The molecule has 88 valence electrons. The van der Waals surface area contributed by atoms with Crippen LogP contribution < -0.4 is 0 Å². The second-order valence-electron chi connectivity index (χ2n) is 4.50. The average molecular weight is 250 g/mol. The first-order chi connectivity index (χ1) is 8.20. The van der Waals surface area contributed by atoms with Crippen LogP contribution in [0, 0.1) is 5.92 Å². The first kappa shape index (κ1) is 10.8. The van der Waals surface area contributed by atoms with Crippen molar-refractivity contribution >= 4 is 17.5 Å². The Balaban J connectivity index is 2.04. The molecule has 3 nitrogen and oxygen atoms in total. The summed E-state index contributed by atoms with van der Waals surface area (Å²) in [5.74, 6) is -0.474. The van der Waals surface area contributed by atoms with E-state index < -0.39 is 0 Å². The highest BCUT2D eigenvalue weighted by atomic mass is 35.5. The first-order valence-corrected chi connectivity index (χ1v) is 6.01. The summed E-state index contributed by atoms with van der Waals surface area (Å²) >= 11 is 6.13. The van der Waals surface area contributed by atoms with E-state index in [0.29, 0.717) is 5.02 Å². The third-order valence-corrected chi connectivity index (χ3v) is 3.97. The molecule has 1 saturated heterocycles. The van der Waals surface area contributed by atoms with E-state index in [1.165, 1.54) is 0 Å². The van der Waals surface area contributed by atoms with Gasteiger partial charge in [-0.25, -0.2) is 5.06 Å². The molecule has 17 heavy (non-hydrogen) atoms. The molecular weight excluding hydrogens is 238 g/mol. The van der Waals surface area contributed by atoms with Crippen LogP contribution in [0.3, 0.4) is 0 Å². The van der Waals surface area contributed by atoms with E-state index in [1.807, 2.05) is 30.4 Å². The molecule has 1 aliphatic carbocycles. The van der Waals surface area contributed by atoms with Gasteiger partial charge in [0, 0.05) is 10.9 Å². The highest BCUT2D eigenvalue weighted by Crippen LogP contribution is 2.44. The number of carbonyl (C=O) groups is 1. The molecule has 1 heterocycles. The maximum Gasteiger partial charge on any atom is 0.254 e. The lowest BCUT2D eigenvalue weighted by Gasteiger charge is -2.16. The fourth-order valence-corrected chi connectivity index (χ4v) is 3.07. The Labute approximate surface area is 104 Å². The van der Waals surface area contributed by atoms with E-state index in [2.05, 4.69) is 0 Å². The van der Waals surface area contributed by atoms with Crippen molar-refractivity contribution in [3.63, 3.8) is 0 Å². The lowest BCUT2D eigenvalue weighted by atomic mass is 9.85. The number of nitrogens with zero attached hydrogens (tertiary/aromatic N) is 1. The summed E-state index contributed by atoms with van der Waals surface area (Å²) in [6, 6.07) is 7.16. The average Bonchev–Trinajstić information content (AvgIpc) is 2.86. The predicted octanol–water partition coefficient (Wildman–Crippen LogP) is 2.60. The minimum Gasteiger partial charge on any atom is -0.285 e. The van der Waals surface area contributed by atoms with Crippen molar-refractivity contribution in [3.8, 4) is 0 Å². The number of hydrogen-bond donors (Lipinski definition) is 1. The van der Waals surface area contributed by atoms with Crippen molar-refractivity contribution < 1.29 is 10.0 Å². The molecule has 1 aliphatic heterocycles. The summed E-state index contributed by atoms with van der Waals surface area (Å²) in [5.41, 5.74) is 0.814. The zero-order valence-electron chi connectivity index (χ0n) is 9.08. The van der Waals surface area contributed by atoms with Crippen molar-refractivity contribution in [2.75, 3.05) is 0 Å². The molecule has 0 bridgehead atoms. The van der Waals surface area contributed by atoms with Crippen LogP contribution in [0.15, 0.2) is 36.4 Å². The maximum atomic E-state index is 12.1. The molecule has 0 aromatic heterocycles. The SMILES string of the molecule is O=C1C(c2ccccc2Cl)[C@H]2CC=C[C@H]2N1O. The minimum absolute atomic E-state index is 0.104. The van der Waals surface area contributed by atoms with Crippen LogP contribution >= 0.6 is 11.6 Å². The van der Waals surface area contributed by atoms with E-state index >= 15 is 0 Å². The van der Waals surface area contributed by atoms with Gasteiger partial charge in [-0.1, -0.05) is 42.0 Å². The maximum absolute atomic E-state index is 12.1. The molecule has 4 heteroatoms. The van der Waals surface area contributed by atoms with E-state index in [9.17, 15) is 10.0 Å². The van der Waals surface area contributed by atoms with E-state index in [4.69, 9.17) is 11.6 Å². The van der Waals surface area contributed by atoms with Gasteiger partial charge in [0.1, 0.15) is 0 Å². The Bertz CT molecular complexity index is 500. The number of benzene rings is 1. The zero-order valence-corrected chi connectivity index (χ0v) is 9.84. The molecule has 1 aromatic carbocycles. The molecule has 1 amide bonds.